The van der Waals surface area contributed by atoms with Crippen molar-refractivity contribution < 1.29 is 32.6 Å². The Morgan fingerprint density at radius 1 is 1.26 bits per heavy atom. The smallest absolute Gasteiger partial charge is 0.406 e. The van der Waals surface area contributed by atoms with E-state index in [2.05, 4.69) is 4.98 Å². The van der Waals surface area contributed by atoms with E-state index in [1.807, 2.05) is 0 Å². The van der Waals surface area contributed by atoms with Crippen LogP contribution >= 0.6 is 0 Å². The second-order valence-electron chi connectivity index (χ2n) is 6.03. The maximum Gasteiger partial charge on any atom is 0.406 e. The van der Waals surface area contributed by atoms with Gasteiger partial charge in [0.05, 0.1) is 13.2 Å². The van der Waals surface area contributed by atoms with Crippen molar-refractivity contribution in [2.45, 2.75) is 18.1 Å². The summed E-state index contributed by atoms with van der Waals surface area (Å²) in [5.74, 6) is -3.35. The van der Waals surface area contributed by atoms with Crippen LogP contribution in [-0.4, -0.2) is 46.7 Å². The Hall–Kier alpha value is -3.10. The number of rotatable bonds is 4. The average Bonchev–Trinajstić information content (AvgIpc) is 2.62. The molecule has 0 bridgehead atoms. The summed E-state index contributed by atoms with van der Waals surface area (Å²) in [6.07, 6.45) is -3.47. The van der Waals surface area contributed by atoms with E-state index in [4.69, 9.17) is 4.74 Å². The first-order valence-corrected chi connectivity index (χ1v) is 7.92. The van der Waals surface area contributed by atoms with Gasteiger partial charge in [-0.15, -0.1) is 0 Å². The lowest BCUT2D eigenvalue weighted by atomic mass is 9.80. The number of hydrogen-bond donors (Lipinski definition) is 1. The van der Waals surface area contributed by atoms with E-state index in [1.54, 1.807) is 6.07 Å². The van der Waals surface area contributed by atoms with Crippen molar-refractivity contribution in [3.63, 3.8) is 0 Å². The first kappa shape index (κ1) is 18.7. The van der Waals surface area contributed by atoms with Gasteiger partial charge in [-0.25, -0.2) is 4.98 Å². The molecule has 1 aromatic heterocycles. The number of benzene rings is 1. The molecule has 142 valence electrons. The lowest BCUT2D eigenvalue weighted by Gasteiger charge is -2.40. The minimum Gasteiger partial charge on any atom is -0.481 e. The molecule has 27 heavy (non-hydrogen) atoms. The number of aliphatic carboxylic acids is 1. The lowest BCUT2D eigenvalue weighted by molar-refractivity contribution is -0.153. The van der Waals surface area contributed by atoms with Gasteiger partial charge in [0.15, 0.2) is 0 Å². The molecule has 1 N–H and O–H groups in total. The van der Waals surface area contributed by atoms with Crippen LogP contribution in [0.1, 0.15) is 33.4 Å². The Balaban J connectivity index is 2.19. The van der Waals surface area contributed by atoms with Crippen molar-refractivity contribution in [3.8, 4) is 5.88 Å². The Kier molecular flexibility index (Phi) is 4.77. The monoisotopic (exact) mass is 380 g/mol. The number of hydrogen-bond acceptors (Lipinski definition) is 4. The summed E-state index contributed by atoms with van der Waals surface area (Å²) in [4.78, 5) is 29.2. The summed E-state index contributed by atoms with van der Waals surface area (Å²) in [7, 11) is 1.37. The van der Waals surface area contributed by atoms with Gasteiger partial charge in [-0.1, -0.05) is 24.3 Å². The third-order valence-corrected chi connectivity index (χ3v) is 4.36. The van der Waals surface area contributed by atoms with Crippen LogP contribution < -0.4 is 4.74 Å². The number of carbonyl (C=O) groups excluding carboxylic acids is 1. The minimum atomic E-state index is -4.69. The van der Waals surface area contributed by atoms with Gasteiger partial charge in [0.2, 0.25) is 5.88 Å². The quantitative estimate of drug-likeness (QED) is 0.882. The van der Waals surface area contributed by atoms with Crippen LogP contribution in [0.4, 0.5) is 13.2 Å². The first-order valence-electron chi connectivity index (χ1n) is 7.92. The third kappa shape index (κ3) is 3.57. The summed E-state index contributed by atoms with van der Waals surface area (Å²) >= 11 is 0. The molecule has 1 aliphatic rings. The van der Waals surface area contributed by atoms with E-state index in [1.165, 1.54) is 43.6 Å². The van der Waals surface area contributed by atoms with Crippen molar-refractivity contribution >= 4 is 11.9 Å². The fraction of sp³-hybridized carbons (Fsp3) is 0.278. The zero-order chi connectivity index (χ0) is 19.8. The van der Waals surface area contributed by atoms with Crippen LogP contribution in [0.5, 0.6) is 5.88 Å². The topological polar surface area (TPSA) is 79.7 Å². The fourth-order valence-electron chi connectivity index (χ4n) is 3.29. The number of carbonyl (C=O) groups is 2. The van der Waals surface area contributed by atoms with E-state index in [0.717, 1.165) is 0 Å². The predicted molar refractivity (Wildman–Crippen MR) is 87.4 cm³/mol. The number of alkyl halides is 3. The van der Waals surface area contributed by atoms with E-state index in [0.29, 0.717) is 4.90 Å². The maximum atomic E-state index is 13.1. The van der Waals surface area contributed by atoms with Gasteiger partial charge >= 0.3 is 12.1 Å². The molecule has 1 aliphatic heterocycles. The second kappa shape index (κ2) is 6.90. The van der Waals surface area contributed by atoms with Crippen LogP contribution in [0.15, 0.2) is 42.6 Å². The summed E-state index contributed by atoms with van der Waals surface area (Å²) in [5.41, 5.74) is 0.302. The van der Waals surface area contributed by atoms with Crippen molar-refractivity contribution in [3.05, 3.63) is 59.3 Å². The Morgan fingerprint density at radius 3 is 2.52 bits per heavy atom. The standard InChI is InChI=1S/C18H15F3N2O4/c1-27-13-7-6-10(8-22-13)15-14(17(25)26)11-4-2-3-5-12(11)16(24)23(15)9-18(19,20)21/h2-8,14-15H,9H2,1H3,(H,25,26)/t14-,15+/m1/s1. The minimum absolute atomic E-state index is 0.0492. The molecular weight excluding hydrogens is 365 g/mol. The molecule has 3 rings (SSSR count). The largest absolute Gasteiger partial charge is 0.481 e. The number of methoxy groups -OCH3 is 1. The summed E-state index contributed by atoms with van der Waals surface area (Å²) in [5, 5.41) is 9.76. The number of carboxylic acids is 1. The van der Waals surface area contributed by atoms with Crippen molar-refractivity contribution in [2.24, 2.45) is 0 Å². The van der Waals surface area contributed by atoms with E-state index >= 15 is 0 Å². The molecule has 6 nitrogen and oxygen atoms in total. The molecule has 1 aromatic carbocycles. The molecule has 0 radical (unpaired) electrons. The highest BCUT2D eigenvalue weighted by Crippen LogP contribution is 2.43. The highest BCUT2D eigenvalue weighted by atomic mass is 19.4. The number of pyridine rings is 1. The number of ether oxygens (including phenoxy) is 1. The molecule has 0 aliphatic carbocycles. The van der Waals surface area contributed by atoms with Crippen molar-refractivity contribution in [1.82, 2.24) is 9.88 Å². The number of amides is 1. The van der Waals surface area contributed by atoms with E-state index in [-0.39, 0.29) is 22.6 Å². The highest BCUT2D eigenvalue weighted by Gasteiger charge is 2.47. The van der Waals surface area contributed by atoms with Gasteiger partial charge in [0, 0.05) is 17.8 Å². The normalized spacial score (nSPS) is 19.6. The van der Waals surface area contributed by atoms with Crippen LogP contribution in [-0.2, 0) is 4.79 Å². The van der Waals surface area contributed by atoms with Crippen molar-refractivity contribution in [1.29, 1.82) is 0 Å². The van der Waals surface area contributed by atoms with Crippen LogP contribution in [0.3, 0.4) is 0 Å². The second-order valence-corrected chi connectivity index (χ2v) is 6.03. The molecule has 2 heterocycles. The summed E-state index contributed by atoms with van der Waals surface area (Å²) < 4.78 is 44.4. The maximum absolute atomic E-state index is 13.1. The highest BCUT2D eigenvalue weighted by molar-refractivity contribution is 6.00. The number of halogens is 3. The fourth-order valence-corrected chi connectivity index (χ4v) is 3.29. The first-order chi connectivity index (χ1) is 12.7. The average molecular weight is 380 g/mol. The molecular formula is C18H15F3N2O4. The van der Waals surface area contributed by atoms with Crippen LogP contribution in [0.25, 0.3) is 0 Å². The SMILES string of the molecule is COc1ccc([C@H]2[C@H](C(=O)O)c3ccccc3C(=O)N2CC(F)(F)F)cn1. The predicted octanol–water partition coefficient (Wildman–Crippen LogP) is 3.02. The summed E-state index contributed by atoms with van der Waals surface area (Å²) in [6, 6.07) is 7.27. The molecule has 2 aromatic rings. The zero-order valence-corrected chi connectivity index (χ0v) is 14.1. The zero-order valence-electron chi connectivity index (χ0n) is 14.1. The van der Waals surface area contributed by atoms with Gasteiger partial charge in [-0.3, -0.25) is 9.59 Å². The number of fused-ring (bicyclic) bond motifs is 1. The summed E-state index contributed by atoms with van der Waals surface area (Å²) in [6.45, 7) is -1.57. The molecule has 0 fully saturated rings. The Bertz CT molecular complexity index is 868. The van der Waals surface area contributed by atoms with Crippen molar-refractivity contribution in [2.75, 3.05) is 13.7 Å². The Labute approximate surface area is 152 Å². The van der Waals surface area contributed by atoms with E-state index < -0.39 is 36.6 Å². The molecule has 0 spiro atoms. The number of carboxylic acid groups (broad SMARTS) is 1. The molecule has 0 unspecified atom stereocenters. The van der Waals surface area contributed by atoms with Crippen LogP contribution in [0, 0.1) is 0 Å². The number of aromatic nitrogens is 1. The number of nitrogens with zero attached hydrogens (tertiary/aromatic N) is 2. The molecule has 1 amide bonds. The molecule has 0 saturated heterocycles. The van der Waals surface area contributed by atoms with Gasteiger partial charge in [-0.2, -0.15) is 13.2 Å². The molecule has 2 atom stereocenters. The molecule has 9 heteroatoms. The van der Waals surface area contributed by atoms with Gasteiger partial charge in [0.25, 0.3) is 5.91 Å². The lowest BCUT2D eigenvalue weighted by Crippen LogP contribution is -2.48. The van der Waals surface area contributed by atoms with Crippen LogP contribution in [0.2, 0.25) is 0 Å². The third-order valence-electron chi connectivity index (χ3n) is 4.36. The van der Waals surface area contributed by atoms with E-state index in [9.17, 15) is 27.9 Å². The molecule has 0 saturated carbocycles. The van der Waals surface area contributed by atoms with Gasteiger partial charge < -0.3 is 14.7 Å². The van der Waals surface area contributed by atoms with Gasteiger partial charge in [-0.05, 0) is 17.2 Å². The Morgan fingerprint density at radius 2 is 1.96 bits per heavy atom. The van der Waals surface area contributed by atoms with Gasteiger partial charge in [0.1, 0.15) is 12.5 Å².